The summed E-state index contributed by atoms with van der Waals surface area (Å²) in [7, 11) is 0. The molecule has 82 valence electrons. The lowest BCUT2D eigenvalue weighted by molar-refractivity contribution is 0.102. The third-order valence-corrected chi connectivity index (χ3v) is 2.25. The van der Waals surface area contributed by atoms with E-state index in [1.807, 2.05) is 0 Å². The van der Waals surface area contributed by atoms with E-state index in [4.69, 9.17) is 0 Å². The first-order chi connectivity index (χ1) is 7.68. The second-order valence-corrected chi connectivity index (χ2v) is 3.49. The van der Waals surface area contributed by atoms with E-state index in [0.29, 0.717) is 0 Å². The fourth-order valence-electron chi connectivity index (χ4n) is 1.08. The minimum Gasteiger partial charge on any atom is -0.507 e. The summed E-state index contributed by atoms with van der Waals surface area (Å²) < 4.78 is 16.7. The van der Waals surface area contributed by atoms with Crippen LogP contribution in [0.5, 0.6) is 5.75 Å². The average molecular weight is 240 g/mol. The summed E-state index contributed by atoms with van der Waals surface area (Å²) in [6.45, 7) is 0. The predicted octanol–water partition coefficient (Wildman–Crippen LogP) is 1.03. The zero-order chi connectivity index (χ0) is 11.5. The van der Waals surface area contributed by atoms with Crippen molar-refractivity contribution in [2.45, 2.75) is 0 Å². The van der Waals surface area contributed by atoms with Gasteiger partial charge in [-0.3, -0.25) is 10.1 Å². The third-order valence-electron chi connectivity index (χ3n) is 1.74. The molecule has 0 bridgehead atoms. The number of aromatic nitrogens is 3. The van der Waals surface area contributed by atoms with Gasteiger partial charge in [0.05, 0.1) is 0 Å². The molecule has 8 heteroatoms. The summed E-state index contributed by atoms with van der Waals surface area (Å²) in [6, 6.07) is 3.59. The number of aromatic hydroxyl groups is 1. The first kappa shape index (κ1) is 10.4. The maximum Gasteiger partial charge on any atom is 0.264 e. The molecule has 1 heterocycles. The highest BCUT2D eigenvalue weighted by atomic mass is 32.1. The van der Waals surface area contributed by atoms with E-state index < -0.39 is 23.0 Å². The van der Waals surface area contributed by atoms with Crippen molar-refractivity contribution in [3.8, 4) is 5.75 Å². The number of phenolic OH excluding ortho intramolecular Hbond substituents is 1. The van der Waals surface area contributed by atoms with Crippen LogP contribution in [-0.2, 0) is 0 Å². The monoisotopic (exact) mass is 240 g/mol. The van der Waals surface area contributed by atoms with Gasteiger partial charge in [-0.15, -0.1) is 0 Å². The maximum absolute atomic E-state index is 13.3. The number of amides is 1. The van der Waals surface area contributed by atoms with Crippen LogP contribution < -0.4 is 5.32 Å². The number of carbonyl (C=O) groups is 1. The number of anilines is 1. The molecule has 1 aromatic heterocycles. The van der Waals surface area contributed by atoms with E-state index in [1.54, 1.807) is 0 Å². The van der Waals surface area contributed by atoms with Crippen molar-refractivity contribution in [3.05, 3.63) is 29.6 Å². The lowest BCUT2D eigenvalue weighted by atomic mass is 10.2. The normalized spacial score (nSPS) is 10.1. The Labute approximate surface area is 92.9 Å². The Hall–Kier alpha value is -2.09. The molecule has 0 unspecified atom stereocenters. The molecule has 2 aromatic rings. The fraction of sp³-hybridized carbons (Fsp3) is 0. The number of nitrogens with zero attached hydrogens (tertiary/aromatic N) is 3. The molecule has 0 fully saturated rings. The van der Waals surface area contributed by atoms with Crippen LogP contribution in [0.25, 0.3) is 0 Å². The Kier molecular flexibility index (Phi) is 2.73. The molecule has 0 aliphatic heterocycles. The number of phenols is 1. The van der Waals surface area contributed by atoms with Crippen molar-refractivity contribution < 1.29 is 14.3 Å². The molecule has 16 heavy (non-hydrogen) atoms. The molecule has 1 amide bonds. The van der Waals surface area contributed by atoms with Crippen molar-refractivity contribution >= 4 is 22.6 Å². The number of carbonyl (C=O) groups excluding carboxylic acids is 1. The molecule has 1 aromatic carbocycles. The molecule has 0 aliphatic carbocycles. The Balaban J connectivity index is 2.28. The van der Waals surface area contributed by atoms with Crippen LogP contribution in [0.3, 0.4) is 0 Å². The number of halogens is 1. The molecule has 0 aliphatic rings. The van der Waals surface area contributed by atoms with Crippen LogP contribution in [0.1, 0.15) is 10.4 Å². The van der Waals surface area contributed by atoms with E-state index >= 15 is 0 Å². The fourth-order valence-corrected chi connectivity index (χ4v) is 1.44. The van der Waals surface area contributed by atoms with Gasteiger partial charge in [0, 0.05) is 11.5 Å². The first-order valence-electron chi connectivity index (χ1n) is 4.12. The minimum absolute atomic E-state index is 0.132. The predicted molar refractivity (Wildman–Crippen MR) is 53.7 cm³/mol. The smallest absolute Gasteiger partial charge is 0.264 e. The molecule has 0 saturated heterocycles. The zero-order valence-electron chi connectivity index (χ0n) is 7.72. The average Bonchev–Trinajstić information content (AvgIpc) is 2.70. The summed E-state index contributed by atoms with van der Waals surface area (Å²) in [6.07, 6.45) is 0. The van der Waals surface area contributed by atoms with Crippen LogP contribution in [0.4, 0.5) is 9.52 Å². The van der Waals surface area contributed by atoms with Crippen molar-refractivity contribution in [2.24, 2.45) is 0 Å². The lowest BCUT2D eigenvalue weighted by Crippen LogP contribution is -2.13. The highest BCUT2D eigenvalue weighted by molar-refractivity contribution is 7.09. The number of nitrogens with one attached hydrogen (secondary N) is 1. The van der Waals surface area contributed by atoms with Gasteiger partial charge < -0.3 is 5.11 Å². The first-order valence-corrected chi connectivity index (χ1v) is 4.89. The van der Waals surface area contributed by atoms with Crippen molar-refractivity contribution in [1.82, 2.24) is 14.8 Å². The van der Waals surface area contributed by atoms with Gasteiger partial charge in [-0.2, -0.15) is 0 Å². The van der Waals surface area contributed by atoms with E-state index in [0.717, 1.165) is 17.6 Å². The molecule has 6 nitrogen and oxygen atoms in total. The third kappa shape index (κ3) is 1.96. The molecule has 2 rings (SSSR count). The summed E-state index contributed by atoms with van der Waals surface area (Å²) in [5, 5.41) is 18.5. The van der Waals surface area contributed by atoms with Crippen LogP contribution in [-0.4, -0.2) is 25.8 Å². The van der Waals surface area contributed by atoms with Gasteiger partial charge in [-0.25, -0.2) is 4.39 Å². The van der Waals surface area contributed by atoms with Crippen molar-refractivity contribution in [3.63, 3.8) is 0 Å². The maximum atomic E-state index is 13.3. The Morgan fingerprint density at radius 3 is 2.94 bits per heavy atom. The zero-order valence-corrected chi connectivity index (χ0v) is 8.53. The van der Waals surface area contributed by atoms with E-state index in [-0.39, 0.29) is 5.13 Å². The highest BCUT2D eigenvalue weighted by Crippen LogP contribution is 2.21. The van der Waals surface area contributed by atoms with E-state index in [1.165, 1.54) is 12.1 Å². The van der Waals surface area contributed by atoms with Crippen LogP contribution in [0.15, 0.2) is 18.2 Å². The van der Waals surface area contributed by atoms with Gasteiger partial charge in [0.2, 0.25) is 5.13 Å². The van der Waals surface area contributed by atoms with Crippen LogP contribution in [0, 0.1) is 5.82 Å². The molecule has 0 atom stereocenters. The van der Waals surface area contributed by atoms with Crippen LogP contribution in [0.2, 0.25) is 0 Å². The van der Waals surface area contributed by atoms with Gasteiger partial charge in [0.25, 0.3) is 5.91 Å². The summed E-state index contributed by atoms with van der Waals surface area (Å²) in [5.41, 5.74) is -0.433. The SMILES string of the molecule is O=C(Nc1nnns1)c1c(O)cccc1F. The molecule has 0 saturated carbocycles. The van der Waals surface area contributed by atoms with E-state index in [2.05, 4.69) is 20.1 Å². The van der Waals surface area contributed by atoms with Crippen LogP contribution >= 0.6 is 11.5 Å². The van der Waals surface area contributed by atoms with Gasteiger partial charge in [-0.05, 0) is 17.3 Å². The molecule has 0 radical (unpaired) electrons. The largest absolute Gasteiger partial charge is 0.507 e. The molecular formula is C8H5FN4O2S. The highest BCUT2D eigenvalue weighted by Gasteiger charge is 2.17. The lowest BCUT2D eigenvalue weighted by Gasteiger charge is -2.04. The molecule has 2 N–H and O–H groups in total. The van der Waals surface area contributed by atoms with Crippen molar-refractivity contribution in [1.29, 1.82) is 0 Å². The summed E-state index contributed by atoms with van der Waals surface area (Å²) in [5.74, 6) is -2.04. The van der Waals surface area contributed by atoms with Gasteiger partial charge in [0.15, 0.2) is 0 Å². The minimum atomic E-state index is -0.810. The number of hydrogen-bond acceptors (Lipinski definition) is 6. The number of rotatable bonds is 2. The van der Waals surface area contributed by atoms with E-state index in [9.17, 15) is 14.3 Å². The summed E-state index contributed by atoms with van der Waals surface area (Å²) >= 11 is 0.849. The second-order valence-electron chi connectivity index (χ2n) is 2.76. The van der Waals surface area contributed by atoms with Gasteiger partial charge >= 0.3 is 0 Å². The van der Waals surface area contributed by atoms with Gasteiger partial charge in [0.1, 0.15) is 17.1 Å². The molecular weight excluding hydrogens is 235 g/mol. The molecule has 0 spiro atoms. The topological polar surface area (TPSA) is 88.0 Å². The second kappa shape index (κ2) is 4.19. The van der Waals surface area contributed by atoms with Gasteiger partial charge in [-0.1, -0.05) is 15.7 Å². The Bertz CT molecular complexity index is 497. The summed E-state index contributed by atoms with van der Waals surface area (Å²) in [4.78, 5) is 11.6. The quantitative estimate of drug-likeness (QED) is 0.818. The Morgan fingerprint density at radius 2 is 2.31 bits per heavy atom. The standard InChI is InChI=1S/C8H5FN4O2S/c9-4-2-1-3-5(14)6(4)7(15)10-8-11-12-13-16-8/h1-3,14H,(H,10,11,13,15). The van der Waals surface area contributed by atoms with Crippen molar-refractivity contribution in [2.75, 3.05) is 5.32 Å². The number of hydrogen-bond donors (Lipinski definition) is 2. The Morgan fingerprint density at radius 1 is 1.50 bits per heavy atom. The number of benzene rings is 1.